The molecule has 49 heavy (non-hydrogen) atoms. The van der Waals surface area contributed by atoms with Crippen LogP contribution < -0.4 is 15.0 Å². The Morgan fingerprint density at radius 1 is 1.14 bits per heavy atom. The number of fused-ring (bicyclic) bond motifs is 1. The van der Waals surface area contributed by atoms with Gasteiger partial charge in [-0.3, -0.25) is 19.2 Å². The number of alkyl halides is 1. The normalized spacial score (nSPS) is 27.1. The van der Waals surface area contributed by atoms with Crippen LogP contribution in [0.15, 0.2) is 79.9 Å². The van der Waals surface area contributed by atoms with Crippen LogP contribution in [0, 0.1) is 11.8 Å². The molecular weight excluding hydrogens is 694 g/mol. The second-order valence-corrected chi connectivity index (χ2v) is 14.0. The van der Waals surface area contributed by atoms with Crippen molar-refractivity contribution < 1.29 is 38.5 Å². The molecule has 2 N–H and O–H groups in total. The molecule has 3 heterocycles. The number of carbonyl (C=O) groups is 4. The Bertz CT molecular complexity index is 1550. The number of likely N-dealkylation sites (tertiary alicyclic amines) is 1. The summed E-state index contributed by atoms with van der Waals surface area (Å²) < 4.78 is 18.2. The van der Waals surface area contributed by atoms with Crippen molar-refractivity contribution in [1.29, 1.82) is 0 Å². The van der Waals surface area contributed by atoms with E-state index in [2.05, 4.69) is 34.4 Å². The number of aliphatic hydroxyl groups is 1. The van der Waals surface area contributed by atoms with Gasteiger partial charge in [0.1, 0.15) is 23.5 Å². The van der Waals surface area contributed by atoms with Gasteiger partial charge in [0.25, 0.3) is 5.91 Å². The maximum Gasteiger partial charge on any atom is 0.313 e. The van der Waals surface area contributed by atoms with E-state index in [4.69, 9.17) is 14.2 Å². The molecule has 5 rings (SSSR count). The van der Waals surface area contributed by atoms with Crippen molar-refractivity contribution in [3.05, 3.63) is 85.5 Å². The number of allylic oxidation sites excluding steroid dienone is 1. The standard InChI is InChI=1S/C37H44BrN3O8/c1-6-8-14-28(43)39-23(4)31(24-12-10-9-11-13-24)48-36(46)29-30-34(44)41(22(3)21-42)33(37(30)20-27(38)32(29)49-37)35(45)40(19-7-2)25-15-17-26(47-5)18-16-25/h6-7,9-13,15-18,22-23,27,29-33,42H,1-2,8,14,19-21H2,3-5H3,(H,39,43)/t22-,23-,27?,29-,30+,31-,32-,33-,37+/m1/s1. The first-order valence-electron chi connectivity index (χ1n) is 16.5. The Morgan fingerprint density at radius 3 is 2.45 bits per heavy atom. The molecule has 3 aliphatic rings. The number of rotatable bonds is 15. The van der Waals surface area contributed by atoms with Crippen molar-refractivity contribution in [3.8, 4) is 5.75 Å². The van der Waals surface area contributed by atoms with E-state index < -0.39 is 72.2 Å². The number of hydrogen-bond donors (Lipinski definition) is 2. The molecule has 2 aromatic carbocycles. The molecule has 3 amide bonds. The zero-order valence-corrected chi connectivity index (χ0v) is 29.6. The average molecular weight is 739 g/mol. The van der Waals surface area contributed by atoms with Gasteiger partial charge >= 0.3 is 5.97 Å². The molecule has 11 nitrogen and oxygen atoms in total. The van der Waals surface area contributed by atoms with E-state index in [-0.39, 0.29) is 30.1 Å². The highest BCUT2D eigenvalue weighted by Crippen LogP contribution is 2.61. The first kappa shape index (κ1) is 36.3. The zero-order chi connectivity index (χ0) is 35.5. The second kappa shape index (κ2) is 15.3. The molecule has 1 spiro atoms. The minimum absolute atomic E-state index is 0.139. The van der Waals surface area contributed by atoms with Gasteiger partial charge in [0.2, 0.25) is 11.8 Å². The molecule has 0 saturated carbocycles. The third-order valence-electron chi connectivity index (χ3n) is 9.72. The summed E-state index contributed by atoms with van der Waals surface area (Å²) in [6.45, 7) is 10.7. The Hall–Kier alpha value is -4.00. The number of halogens is 1. The maximum atomic E-state index is 14.7. The van der Waals surface area contributed by atoms with Gasteiger partial charge in [-0.2, -0.15) is 0 Å². The number of esters is 1. The number of carbonyl (C=O) groups excluding carboxylic acids is 4. The van der Waals surface area contributed by atoms with Crippen molar-refractivity contribution in [2.75, 3.05) is 25.2 Å². The van der Waals surface area contributed by atoms with Gasteiger partial charge in [-0.05, 0) is 56.5 Å². The predicted octanol–water partition coefficient (Wildman–Crippen LogP) is 4.10. The molecule has 2 bridgehead atoms. The van der Waals surface area contributed by atoms with Crippen LogP contribution in [0.1, 0.15) is 44.8 Å². The lowest BCUT2D eigenvalue weighted by Crippen LogP contribution is -2.58. The van der Waals surface area contributed by atoms with E-state index >= 15 is 0 Å². The highest BCUT2D eigenvalue weighted by atomic mass is 79.9. The second-order valence-electron chi connectivity index (χ2n) is 12.8. The molecule has 0 aromatic heterocycles. The number of anilines is 1. The number of aliphatic hydroxyl groups excluding tert-OH is 1. The molecule has 3 fully saturated rings. The first-order chi connectivity index (χ1) is 23.5. The van der Waals surface area contributed by atoms with Crippen molar-refractivity contribution in [2.24, 2.45) is 11.8 Å². The summed E-state index contributed by atoms with van der Waals surface area (Å²) in [5, 5.41) is 13.2. The molecule has 0 aliphatic carbocycles. The molecule has 9 atom stereocenters. The summed E-state index contributed by atoms with van der Waals surface area (Å²) in [6.07, 6.45) is 2.64. The largest absolute Gasteiger partial charge is 0.497 e. The fraction of sp³-hybridized carbons (Fsp3) is 0.459. The smallest absolute Gasteiger partial charge is 0.313 e. The SMILES string of the molecule is C=CCCC(=O)N[C@H](C)[C@@H](OC(=O)[C@H]1[C@@H]2O[C@@]3(CC2Br)[C@@H]1C(=O)N([C@H](C)CO)[C@@H]3C(=O)N(CC=C)c1ccc(OC)cc1)c1ccccc1. The minimum atomic E-state index is -1.38. The Kier molecular flexibility index (Phi) is 11.3. The lowest BCUT2D eigenvalue weighted by atomic mass is 9.70. The number of nitrogens with zero attached hydrogens (tertiary/aromatic N) is 2. The summed E-state index contributed by atoms with van der Waals surface area (Å²) in [4.78, 5) is 58.7. The van der Waals surface area contributed by atoms with Crippen molar-refractivity contribution in [1.82, 2.24) is 10.2 Å². The third-order valence-corrected chi connectivity index (χ3v) is 10.6. The number of ether oxygens (including phenoxy) is 3. The number of benzene rings is 2. The predicted molar refractivity (Wildman–Crippen MR) is 187 cm³/mol. The van der Waals surface area contributed by atoms with Gasteiger partial charge in [-0.25, -0.2) is 0 Å². The molecule has 3 saturated heterocycles. The van der Waals surface area contributed by atoms with E-state index in [1.54, 1.807) is 57.4 Å². The average Bonchev–Trinajstić information content (AvgIpc) is 3.71. The number of nitrogens with one attached hydrogen (secondary N) is 1. The molecule has 3 aliphatic heterocycles. The van der Waals surface area contributed by atoms with Crippen molar-refractivity contribution >= 4 is 45.3 Å². The van der Waals surface area contributed by atoms with Crippen molar-refractivity contribution in [2.45, 2.75) is 73.9 Å². The van der Waals surface area contributed by atoms with Crippen LogP contribution in [0.3, 0.4) is 0 Å². The minimum Gasteiger partial charge on any atom is -0.497 e. The summed E-state index contributed by atoms with van der Waals surface area (Å²) in [6, 6.07) is 13.5. The van der Waals surface area contributed by atoms with Crippen LogP contribution in [-0.2, 0) is 28.7 Å². The van der Waals surface area contributed by atoms with E-state index in [9.17, 15) is 24.3 Å². The van der Waals surface area contributed by atoms with Gasteiger partial charge < -0.3 is 34.4 Å². The fourth-order valence-electron chi connectivity index (χ4n) is 7.48. The lowest BCUT2D eigenvalue weighted by molar-refractivity contribution is -0.162. The number of methoxy groups -OCH3 is 1. The molecule has 0 radical (unpaired) electrons. The Morgan fingerprint density at radius 2 is 1.84 bits per heavy atom. The van der Waals surface area contributed by atoms with Gasteiger partial charge in [0, 0.05) is 23.5 Å². The molecule has 262 valence electrons. The Balaban J connectivity index is 1.50. The van der Waals surface area contributed by atoms with E-state index in [1.165, 1.54) is 9.80 Å². The fourth-order valence-corrected chi connectivity index (χ4v) is 8.42. The summed E-state index contributed by atoms with van der Waals surface area (Å²) >= 11 is 3.70. The lowest BCUT2D eigenvalue weighted by Gasteiger charge is -2.38. The topological polar surface area (TPSA) is 135 Å². The van der Waals surface area contributed by atoms with Gasteiger partial charge in [-0.1, -0.05) is 58.4 Å². The molecule has 1 unspecified atom stereocenters. The molecule has 2 aromatic rings. The highest BCUT2D eigenvalue weighted by Gasteiger charge is 2.77. The summed E-state index contributed by atoms with van der Waals surface area (Å²) in [5.74, 6) is -3.25. The first-order valence-corrected chi connectivity index (χ1v) is 17.4. The van der Waals surface area contributed by atoms with Crippen LogP contribution in [0.4, 0.5) is 5.69 Å². The van der Waals surface area contributed by atoms with Crippen LogP contribution in [0.25, 0.3) is 0 Å². The van der Waals surface area contributed by atoms with Crippen LogP contribution in [0.2, 0.25) is 0 Å². The van der Waals surface area contributed by atoms with Crippen LogP contribution >= 0.6 is 15.9 Å². The highest BCUT2D eigenvalue weighted by molar-refractivity contribution is 9.09. The number of hydrogen-bond acceptors (Lipinski definition) is 8. The zero-order valence-electron chi connectivity index (χ0n) is 28.0. The Labute approximate surface area is 295 Å². The summed E-state index contributed by atoms with van der Waals surface area (Å²) in [5.41, 5.74) is -0.149. The number of amides is 3. The van der Waals surface area contributed by atoms with Crippen LogP contribution in [0.5, 0.6) is 5.75 Å². The maximum absolute atomic E-state index is 14.7. The monoisotopic (exact) mass is 737 g/mol. The van der Waals surface area contributed by atoms with Crippen LogP contribution in [-0.4, -0.2) is 88.6 Å². The van der Waals surface area contributed by atoms with Gasteiger partial charge in [0.05, 0.1) is 43.7 Å². The van der Waals surface area contributed by atoms with E-state index in [1.807, 2.05) is 30.3 Å². The quantitative estimate of drug-likeness (QED) is 0.159. The molecule has 12 heteroatoms. The third kappa shape index (κ3) is 6.78. The van der Waals surface area contributed by atoms with Gasteiger partial charge in [0.15, 0.2) is 0 Å². The van der Waals surface area contributed by atoms with Crippen molar-refractivity contribution in [3.63, 3.8) is 0 Å². The molecular formula is C37H44BrN3O8. The summed E-state index contributed by atoms with van der Waals surface area (Å²) in [7, 11) is 1.55. The van der Waals surface area contributed by atoms with E-state index in [0.29, 0.717) is 23.4 Å². The van der Waals surface area contributed by atoms with Gasteiger partial charge in [-0.15, -0.1) is 13.2 Å². The van der Waals surface area contributed by atoms with E-state index in [0.717, 1.165) is 0 Å².